The Balaban J connectivity index is 1.18. The van der Waals surface area contributed by atoms with Crippen LogP contribution in [-0.4, -0.2) is 6.71 Å². The lowest BCUT2D eigenvalue weighted by Gasteiger charge is -2.52. The van der Waals surface area contributed by atoms with Gasteiger partial charge in [0.15, 0.2) is 0 Å². The van der Waals surface area contributed by atoms with Gasteiger partial charge in [-0.1, -0.05) is 139 Å². The van der Waals surface area contributed by atoms with E-state index in [1.165, 1.54) is 161 Å². The Labute approximate surface area is 436 Å². The summed E-state index contributed by atoms with van der Waals surface area (Å²) in [6, 6.07) is 40.3. The highest BCUT2D eigenvalue weighted by atomic mass is 32.1. The molecule has 2 aliphatic heterocycles. The van der Waals surface area contributed by atoms with Crippen molar-refractivity contribution in [2.24, 2.45) is 0 Å². The van der Waals surface area contributed by atoms with Crippen LogP contribution in [0.4, 0.5) is 34.1 Å². The Morgan fingerprint density at radius 1 is 0.486 bits per heavy atom. The second-order valence-corrected chi connectivity index (χ2v) is 29.2. The molecule has 4 heteroatoms. The fourth-order valence-electron chi connectivity index (χ4n) is 15.1. The van der Waals surface area contributed by atoms with Gasteiger partial charge < -0.3 is 9.80 Å². The Hall–Kier alpha value is -5.06. The monoisotopic (exact) mass is 965 g/mol. The van der Waals surface area contributed by atoms with Crippen LogP contribution in [0.15, 0.2) is 97.1 Å². The van der Waals surface area contributed by atoms with E-state index >= 15 is 0 Å². The summed E-state index contributed by atoms with van der Waals surface area (Å²) in [5, 5.41) is 1.43. The zero-order valence-corrected chi connectivity index (χ0v) is 47.1. The predicted molar refractivity (Wildman–Crippen MR) is 313 cm³/mol. The van der Waals surface area contributed by atoms with Crippen LogP contribution in [0, 0.1) is 13.8 Å². The maximum absolute atomic E-state index is 2.79. The summed E-state index contributed by atoms with van der Waals surface area (Å²) in [5.74, 6) is 0. The molecule has 0 N–H and O–H groups in total. The molecule has 3 heterocycles. The molecule has 5 aliphatic carbocycles. The Morgan fingerprint density at radius 2 is 1.06 bits per heavy atom. The van der Waals surface area contributed by atoms with Crippen molar-refractivity contribution in [2.45, 2.75) is 193 Å². The number of aryl methyl sites for hydroxylation is 2. The third kappa shape index (κ3) is 6.51. The van der Waals surface area contributed by atoms with Gasteiger partial charge in [0.25, 0.3) is 6.71 Å². The van der Waals surface area contributed by atoms with E-state index in [0.717, 1.165) is 0 Å². The third-order valence-corrected chi connectivity index (χ3v) is 21.6. The number of thiophene rings is 1. The Bertz CT molecular complexity index is 3490. The second kappa shape index (κ2) is 14.8. The van der Waals surface area contributed by atoms with E-state index in [0.29, 0.717) is 0 Å². The average molecular weight is 965 g/mol. The van der Waals surface area contributed by atoms with Crippen molar-refractivity contribution < 1.29 is 0 Å². The van der Waals surface area contributed by atoms with E-state index in [4.69, 9.17) is 0 Å². The molecule has 0 atom stereocenters. The fourth-order valence-corrected chi connectivity index (χ4v) is 16.5. The van der Waals surface area contributed by atoms with Crippen LogP contribution < -0.4 is 25.5 Å². The summed E-state index contributed by atoms with van der Waals surface area (Å²) in [4.78, 5) is 5.54. The number of hydrogen-bond donors (Lipinski definition) is 0. The number of nitrogens with zero attached hydrogens (tertiary/aromatic N) is 2. The van der Waals surface area contributed by atoms with E-state index in [9.17, 15) is 0 Å². The first-order valence-corrected chi connectivity index (χ1v) is 28.5. The molecule has 0 spiro atoms. The molecule has 1 fully saturated rings. The molecule has 2 bridgehead atoms. The molecule has 368 valence electrons. The normalized spacial score (nSPS) is 23.5. The molecule has 0 radical (unpaired) electrons. The van der Waals surface area contributed by atoms with Gasteiger partial charge in [-0.05, 0) is 224 Å². The van der Waals surface area contributed by atoms with Crippen LogP contribution in [0.25, 0.3) is 21.2 Å². The predicted octanol–water partition coefficient (Wildman–Crippen LogP) is 17.4. The molecular weight excluding hydrogens is 888 g/mol. The van der Waals surface area contributed by atoms with Crippen molar-refractivity contribution in [1.82, 2.24) is 0 Å². The van der Waals surface area contributed by atoms with E-state index in [-0.39, 0.29) is 44.6 Å². The number of benzene rings is 6. The van der Waals surface area contributed by atoms with Crippen LogP contribution in [-0.2, 0) is 37.9 Å². The maximum atomic E-state index is 2.79. The van der Waals surface area contributed by atoms with Crippen molar-refractivity contribution in [3.63, 3.8) is 0 Å². The highest BCUT2D eigenvalue weighted by molar-refractivity contribution is 7.33. The van der Waals surface area contributed by atoms with Gasteiger partial charge in [-0.3, -0.25) is 0 Å². The van der Waals surface area contributed by atoms with Gasteiger partial charge in [0, 0.05) is 43.3 Å². The first kappa shape index (κ1) is 46.7. The molecular formula is C68H77BN2S. The first-order chi connectivity index (χ1) is 33.8. The van der Waals surface area contributed by atoms with Gasteiger partial charge in [0.2, 0.25) is 0 Å². The summed E-state index contributed by atoms with van der Waals surface area (Å²) in [6.45, 7) is 36.9. The standard InChI is InChI=1S/C68H77BN2S/c1-40-18-16-17-19-45(40)42-33-56-59-57(34-42)71(54-38-50-48(32-41(54)2)64(8,9)26-27-66(50,12)13)55-35-43(62(3,4)5)20-23-53(55)69(59)61-60(70(56)44-21-22-47-49(36-44)65(10,11)25-24-63(47,6)7)46-37-51-52(39-58(46)72-61)68(15)30-28-67(51,14)29-31-68/h16-23,32-39H,24-31H2,1-15H3. The largest absolute Gasteiger partial charge is 0.311 e. The SMILES string of the molecule is Cc1ccccc1-c1cc2c3c(c1)N(c1ccc4c(c1)C(C)(C)CCC4(C)C)c1c(sc4cc5c(cc14)C1(C)CCC5(C)CC1)B3c1ccc(C(C)(C)C)cc1N2c1cc2c(cc1C)C(C)(C)CCC2(C)C. The van der Waals surface area contributed by atoms with Crippen LogP contribution >= 0.6 is 11.3 Å². The number of anilines is 6. The zero-order chi connectivity index (χ0) is 50.6. The van der Waals surface area contributed by atoms with Crippen LogP contribution in [0.2, 0.25) is 0 Å². The van der Waals surface area contributed by atoms with Crippen molar-refractivity contribution in [1.29, 1.82) is 0 Å². The Morgan fingerprint density at radius 3 is 1.68 bits per heavy atom. The lowest BCUT2D eigenvalue weighted by atomic mass is 9.36. The maximum Gasteiger partial charge on any atom is 0.264 e. The van der Waals surface area contributed by atoms with Crippen molar-refractivity contribution >= 4 is 78.0 Å². The number of fused-ring (bicyclic) bond motifs is 10. The number of hydrogen-bond acceptors (Lipinski definition) is 3. The first-order valence-electron chi connectivity index (χ1n) is 27.7. The van der Waals surface area contributed by atoms with Crippen molar-refractivity contribution in [3.8, 4) is 11.1 Å². The minimum absolute atomic E-state index is 0.0301. The molecule has 0 amide bonds. The summed E-state index contributed by atoms with van der Waals surface area (Å²) in [7, 11) is 0. The lowest BCUT2D eigenvalue weighted by molar-refractivity contribution is 0.188. The Kier molecular flexibility index (Phi) is 9.62. The lowest BCUT2D eigenvalue weighted by Crippen LogP contribution is -2.60. The molecule has 6 aromatic carbocycles. The smallest absolute Gasteiger partial charge is 0.264 e. The van der Waals surface area contributed by atoms with E-state index in [1.807, 2.05) is 0 Å². The molecule has 7 aromatic rings. The van der Waals surface area contributed by atoms with Gasteiger partial charge in [0.05, 0.1) is 5.69 Å². The highest BCUT2D eigenvalue weighted by Gasteiger charge is 2.51. The van der Waals surface area contributed by atoms with Gasteiger partial charge >= 0.3 is 0 Å². The summed E-state index contributed by atoms with van der Waals surface area (Å²) in [6.07, 6.45) is 9.90. The molecule has 14 rings (SSSR count). The van der Waals surface area contributed by atoms with Gasteiger partial charge in [-0.15, -0.1) is 11.3 Å². The molecule has 0 saturated heterocycles. The molecule has 2 nitrogen and oxygen atoms in total. The summed E-state index contributed by atoms with van der Waals surface area (Å²) >= 11 is 2.10. The van der Waals surface area contributed by atoms with Gasteiger partial charge in [-0.25, -0.2) is 0 Å². The fraction of sp³-hybridized carbons (Fsp3) is 0.441. The molecule has 0 unspecified atom stereocenters. The zero-order valence-electron chi connectivity index (χ0n) is 46.3. The molecule has 1 aromatic heterocycles. The van der Waals surface area contributed by atoms with E-state index in [1.54, 1.807) is 11.1 Å². The quantitative estimate of drug-likeness (QED) is 0.163. The summed E-state index contributed by atoms with van der Waals surface area (Å²) < 4.78 is 2.93. The second-order valence-electron chi connectivity index (χ2n) is 28.2. The van der Waals surface area contributed by atoms with Gasteiger partial charge in [-0.2, -0.15) is 0 Å². The van der Waals surface area contributed by atoms with Crippen molar-refractivity contribution in [2.75, 3.05) is 9.80 Å². The highest BCUT2D eigenvalue weighted by Crippen LogP contribution is 2.60. The number of rotatable bonds is 3. The van der Waals surface area contributed by atoms with Crippen LogP contribution in [0.5, 0.6) is 0 Å². The summed E-state index contributed by atoms with van der Waals surface area (Å²) in [5.41, 5.74) is 27.5. The minimum atomic E-state index is -0.0301. The van der Waals surface area contributed by atoms with Crippen LogP contribution in [0.1, 0.15) is 191 Å². The average Bonchev–Trinajstić information content (AvgIpc) is 3.70. The molecule has 7 aliphatic rings. The van der Waals surface area contributed by atoms with Crippen LogP contribution in [0.3, 0.4) is 0 Å². The third-order valence-electron chi connectivity index (χ3n) is 20.4. The molecule has 72 heavy (non-hydrogen) atoms. The molecule has 1 saturated carbocycles. The van der Waals surface area contributed by atoms with E-state index in [2.05, 4.69) is 222 Å². The van der Waals surface area contributed by atoms with Crippen molar-refractivity contribution in [3.05, 3.63) is 147 Å². The minimum Gasteiger partial charge on any atom is -0.311 e. The topological polar surface area (TPSA) is 6.48 Å². The van der Waals surface area contributed by atoms with E-state index < -0.39 is 0 Å². The van der Waals surface area contributed by atoms with Gasteiger partial charge in [0.1, 0.15) is 0 Å².